The van der Waals surface area contributed by atoms with Gasteiger partial charge in [-0.3, -0.25) is 9.13 Å². The summed E-state index contributed by atoms with van der Waals surface area (Å²) in [4.78, 5) is 19.8. The molecule has 122 valence electrons. The fraction of sp³-hybridized carbons (Fsp3) is 0.222. The van der Waals surface area contributed by atoms with E-state index in [-0.39, 0.29) is 5.69 Å². The Morgan fingerprint density at radius 1 is 1.04 bits per heavy atom. The molecular formula is C18H19N5O. The highest BCUT2D eigenvalue weighted by Crippen LogP contribution is 2.14. The van der Waals surface area contributed by atoms with Gasteiger partial charge in [0, 0.05) is 20.6 Å². The Kier molecular flexibility index (Phi) is 3.46. The maximum Gasteiger partial charge on any atom is 0.328 e. The molecule has 0 saturated heterocycles. The van der Waals surface area contributed by atoms with Crippen LogP contribution in [0.25, 0.3) is 22.1 Å². The van der Waals surface area contributed by atoms with E-state index < -0.39 is 0 Å². The molecule has 0 unspecified atom stereocenters. The third-order valence-electron chi connectivity index (χ3n) is 4.40. The van der Waals surface area contributed by atoms with Gasteiger partial charge in [0.1, 0.15) is 5.82 Å². The van der Waals surface area contributed by atoms with Gasteiger partial charge in [-0.25, -0.2) is 9.78 Å². The minimum absolute atomic E-state index is 0.00242. The average molecular weight is 321 g/mol. The summed E-state index contributed by atoms with van der Waals surface area (Å²) in [6.45, 7) is 1.39. The number of hydrogen-bond acceptors (Lipinski definition) is 3. The summed E-state index contributed by atoms with van der Waals surface area (Å²) in [5.74, 6) is 0.921. The molecule has 0 aliphatic rings. The van der Waals surface area contributed by atoms with Crippen LogP contribution < -0.4 is 11.0 Å². The van der Waals surface area contributed by atoms with Gasteiger partial charge in [-0.1, -0.05) is 18.2 Å². The van der Waals surface area contributed by atoms with Crippen LogP contribution >= 0.6 is 0 Å². The molecule has 0 aliphatic heterocycles. The highest BCUT2D eigenvalue weighted by molar-refractivity contribution is 5.77. The van der Waals surface area contributed by atoms with Crippen molar-refractivity contribution in [2.45, 2.75) is 13.1 Å². The van der Waals surface area contributed by atoms with Crippen molar-refractivity contribution < 1.29 is 0 Å². The lowest BCUT2D eigenvalue weighted by Crippen LogP contribution is -2.19. The zero-order valence-electron chi connectivity index (χ0n) is 13.7. The van der Waals surface area contributed by atoms with Crippen LogP contribution in [-0.4, -0.2) is 19.1 Å². The fourth-order valence-electron chi connectivity index (χ4n) is 3.08. The summed E-state index contributed by atoms with van der Waals surface area (Å²) >= 11 is 0. The molecule has 4 rings (SSSR count). The van der Waals surface area contributed by atoms with Crippen molar-refractivity contribution in [3.8, 4) is 0 Å². The van der Waals surface area contributed by atoms with Crippen LogP contribution in [0.1, 0.15) is 11.4 Å². The second kappa shape index (κ2) is 5.65. The summed E-state index contributed by atoms with van der Waals surface area (Å²) in [6, 6.07) is 14.1. The third-order valence-corrected chi connectivity index (χ3v) is 4.40. The lowest BCUT2D eigenvalue weighted by Gasteiger charge is -2.04. The molecule has 0 saturated carbocycles. The van der Waals surface area contributed by atoms with E-state index in [9.17, 15) is 4.79 Å². The Hall–Kier alpha value is -2.86. The van der Waals surface area contributed by atoms with E-state index in [0.29, 0.717) is 6.54 Å². The Morgan fingerprint density at radius 2 is 1.83 bits per heavy atom. The van der Waals surface area contributed by atoms with Gasteiger partial charge < -0.3 is 10.3 Å². The number of para-hydroxylation sites is 2. The highest BCUT2D eigenvalue weighted by Gasteiger charge is 2.08. The predicted octanol–water partition coefficient (Wildman–Crippen LogP) is 2.04. The van der Waals surface area contributed by atoms with Crippen LogP contribution in [0, 0.1) is 0 Å². The summed E-state index contributed by atoms with van der Waals surface area (Å²) in [5, 5.41) is 3.40. The minimum Gasteiger partial charge on any atom is -0.341 e. The Balaban J connectivity index is 1.50. The molecule has 24 heavy (non-hydrogen) atoms. The normalized spacial score (nSPS) is 11.6. The first-order valence-electron chi connectivity index (χ1n) is 7.92. The first-order chi connectivity index (χ1) is 11.6. The minimum atomic E-state index is -0.00242. The number of aromatic nitrogens is 4. The topological polar surface area (TPSA) is 67.6 Å². The van der Waals surface area contributed by atoms with E-state index in [0.717, 1.165) is 40.0 Å². The zero-order valence-corrected chi connectivity index (χ0v) is 13.7. The van der Waals surface area contributed by atoms with Crippen LogP contribution in [0.3, 0.4) is 0 Å². The number of aromatic amines is 1. The highest BCUT2D eigenvalue weighted by atomic mass is 16.1. The molecule has 6 nitrogen and oxygen atoms in total. The van der Waals surface area contributed by atoms with E-state index >= 15 is 0 Å². The first kappa shape index (κ1) is 14.7. The van der Waals surface area contributed by atoms with Gasteiger partial charge in [0.05, 0.1) is 28.6 Å². The van der Waals surface area contributed by atoms with Crippen LogP contribution in [0.15, 0.2) is 47.3 Å². The second-order valence-corrected chi connectivity index (χ2v) is 6.03. The summed E-state index contributed by atoms with van der Waals surface area (Å²) < 4.78 is 3.35. The van der Waals surface area contributed by atoms with Gasteiger partial charge >= 0.3 is 5.69 Å². The van der Waals surface area contributed by atoms with Crippen molar-refractivity contribution in [2.75, 3.05) is 0 Å². The monoisotopic (exact) mass is 321 g/mol. The Bertz CT molecular complexity index is 1050. The first-order valence-corrected chi connectivity index (χ1v) is 7.92. The van der Waals surface area contributed by atoms with E-state index in [1.165, 1.54) is 0 Å². The molecule has 0 atom stereocenters. The van der Waals surface area contributed by atoms with Gasteiger partial charge in [-0.05, 0) is 29.8 Å². The van der Waals surface area contributed by atoms with Crippen LogP contribution in [-0.2, 0) is 27.2 Å². The maximum absolute atomic E-state index is 12.0. The molecule has 2 N–H and O–H groups in total. The molecule has 0 aliphatic carbocycles. The van der Waals surface area contributed by atoms with Crippen molar-refractivity contribution in [3.05, 3.63) is 64.3 Å². The van der Waals surface area contributed by atoms with E-state index in [2.05, 4.69) is 21.4 Å². The molecule has 0 bridgehead atoms. The van der Waals surface area contributed by atoms with Crippen LogP contribution in [0.2, 0.25) is 0 Å². The molecule has 6 heteroatoms. The zero-order chi connectivity index (χ0) is 16.7. The maximum atomic E-state index is 12.0. The van der Waals surface area contributed by atoms with Gasteiger partial charge in [0.2, 0.25) is 0 Å². The number of aryl methyl sites for hydroxylation is 2. The van der Waals surface area contributed by atoms with Crippen molar-refractivity contribution >= 4 is 22.1 Å². The molecule has 2 heterocycles. The number of rotatable bonds is 4. The smallest absolute Gasteiger partial charge is 0.328 e. The lowest BCUT2D eigenvalue weighted by molar-refractivity contribution is 0.670. The van der Waals surface area contributed by atoms with E-state index in [1.807, 2.05) is 36.4 Å². The number of benzene rings is 2. The lowest BCUT2D eigenvalue weighted by atomic mass is 10.2. The number of nitrogens with one attached hydrogen (secondary N) is 2. The summed E-state index contributed by atoms with van der Waals surface area (Å²) in [7, 11) is 3.60. The van der Waals surface area contributed by atoms with E-state index in [4.69, 9.17) is 0 Å². The molecule has 0 spiro atoms. The van der Waals surface area contributed by atoms with Crippen LogP contribution in [0.4, 0.5) is 0 Å². The number of imidazole rings is 2. The van der Waals surface area contributed by atoms with Gasteiger partial charge in [0.15, 0.2) is 0 Å². The number of nitrogens with zero attached hydrogens (tertiary/aromatic N) is 3. The van der Waals surface area contributed by atoms with Gasteiger partial charge in [-0.2, -0.15) is 0 Å². The Labute approximate surface area is 138 Å². The molecular weight excluding hydrogens is 302 g/mol. The third kappa shape index (κ3) is 2.41. The van der Waals surface area contributed by atoms with Crippen molar-refractivity contribution in [1.29, 1.82) is 0 Å². The Morgan fingerprint density at radius 3 is 2.67 bits per heavy atom. The van der Waals surface area contributed by atoms with Crippen molar-refractivity contribution in [1.82, 2.24) is 24.4 Å². The van der Waals surface area contributed by atoms with E-state index in [1.54, 1.807) is 23.2 Å². The number of H-pyrrole nitrogens is 1. The van der Waals surface area contributed by atoms with Crippen molar-refractivity contribution in [3.63, 3.8) is 0 Å². The molecule has 2 aromatic carbocycles. The van der Waals surface area contributed by atoms with Crippen LogP contribution in [0.5, 0.6) is 0 Å². The largest absolute Gasteiger partial charge is 0.341 e. The number of fused-ring (bicyclic) bond motifs is 2. The quantitative estimate of drug-likeness (QED) is 0.604. The van der Waals surface area contributed by atoms with Gasteiger partial charge in [0.25, 0.3) is 0 Å². The standard InChI is InChI=1S/C18H19N5O/c1-22-15-8-7-12(9-16(15)23(2)18(22)24)10-19-11-17-20-13-5-3-4-6-14(13)21-17/h3-9,19H,10-11H2,1-2H3,(H,20,21). The SMILES string of the molecule is Cn1c(=O)n(C)c2cc(CNCc3nc4ccccc4[nH]3)ccc21. The van der Waals surface area contributed by atoms with Crippen molar-refractivity contribution in [2.24, 2.45) is 14.1 Å². The molecule has 0 fully saturated rings. The molecule has 2 aromatic heterocycles. The predicted molar refractivity (Wildman–Crippen MR) is 94.8 cm³/mol. The molecule has 0 radical (unpaired) electrons. The average Bonchev–Trinajstić information content (AvgIpc) is 3.10. The van der Waals surface area contributed by atoms with Gasteiger partial charge in [-0.15, -0.1) is 0 Å². The molecule has 4 aromatic rings. The summed E-state index contributed by atoms with van der Waals surface area (Å²) in [6.07, 6.45) is 0. The number of hydrogen-bond donors (Lipinski definition) is 2. The fourth-order valence-corrected chi connectivity index (χ4v) is 3.08. The summed E-state index contributed by atoms with van der Waals surface area (Å²) in [5.41, 5.74) is 5.07. The molecule has 0 amide bonds. The second-order valence-electron chi connectivity index (χ2n) is 6.03.